The van der Waals surface area contributed by atoms with Gasteiger partial charge in [-0.2, -0.15) is 0 Å². The molecule has 1 aromatic carbocycles. The van der Waals surface area contributed by atoms with Crippen molar-refractivity contribution in [1.29, 1.82) is 0 Å². The van der Waals surface area contributed by atoms with Crippen LogP contribution in [0, 0.1) is 17.6 Å². The normalized spacial score (nSPS) is 19.1. The predicted octanol–water partition coefficient (Wildman–Crippen LogP) is 2.83. The molecule has 110 valence electrons. The summed E-state index contributed by atoms with van der Waals surface area (Å²) in [5, 5.41) is 2.99. The molecule has 1 aliphatic heterocycles. The highest BCUT2D eigenvalue weighted by molar-refractivity contribution is 5.80. The van der Waals surface area contributed by atoms with Crippen LogP contribution in [0.4, 0.5) is 8.78 Å². The van der Waals surface area contributed by atoms with Crippen molar-refractivity contribution in [3.05, 3.63) is 35.4 Å². The highest BCUT2D eigenvalue weighted by Gasteiger charge is 2.32. The van der Waals surface area contributed by atoms with Gasteiger partial charge in [0, 0.05) is 18.2 Å². The molecule has 0 spiro atoms. The van der Waals surface area contributed by atoms with Crippen LogP contribution in [0.1, 0.15) is 38.4 Å². The van der Waals surface area contributed by atoms with Crippen LogP contribution in [0.5, 0.6) is 0 Å². The van der Waals surface area contributed by atoms with Crippen LogP contribution in [0.2, 0.25) is 0 Å². The molecule has 1 atom stereocenters. The van der Waals surface area contributed by atoms with Crippen molar-refractivity contribution in [2.75, 3.05) is 13.1 Å². The Morgan fingerprint density at radius 1 is 1.40 bits per heavy atom. The number of benzene rings is 1. The molecule has 0 saturated carbocycles. The molecule has 1 saturated heterocycles. The zero-order valence-corrected chi connectivity index (χ0v) is 11.8. The number of rotatable bonds is 5. The fourth-order valence-corrected chi connectivity index (χ4v) is 2.46. The van der Waals surface area contributed by atoms with Crippen molar-refractivity contribution in [2.45, 2.75) is 32.9 Å². The van der Waals surface area contributed by atoms with Gasteiger partial charge in [-0.3, -0.25) is 10.1 Å². The van der Waals surface area contributed by atoms with E-state index in [-0.39, 0.29) is 12.5 Å². The summed E-state index contributed by atoms with van der Waals surface area (Å²) < 4.78 is 26.8. The van der Waals surface area contributed by atoms with Crippen LogP contribution in [-0.2, 0) is 4.79 Å². The van der Waals surface area contributed by atoms with Gasteiger partial charge in [-0.15, -0.1) is 0 Å². The predicted molar refractivity (Wildman–Crippen MR) is 72.9 cm³/mol. The van der Waals surface area contributed by atoms with E-state index >= 15 is 0 Å². The van der Waals surface area contributed by atoms with Crippen LogP contribution < -0.4 is 5.32 Å². The highest BCUT2D eigenvalue weighted by atomic mass is 19.1. The van der Waals surface area contributed by atoms with Crippen molar-refractivity contribution in [3.8, 4) is 0 Å². The number of hydrogen-bond donors (Lipinski definition) is 1. The second-order valence-corrected chi connectivity index (χ2v) is 5.57. The summed E-state index contributed by atoms with van der Waals surface area (Å²) in [6.45, 7) is 5.04. The van der Waals surface area contributed by atoms with Gasteiger partial charge in [-0.25, -0.2) is 8.78 Å². The third-order valence-electron chi connectivity index (χ3n) is 3.52. The first-order chi connectivity index (χ1) is 9.49. The molecule has 2 rings (SSSR count). The highest BCUT2D eigenvalue weighted by Crippen LogP contribution is 2.26. The molecule has 0 aliphatic carbocycles. The van der Waals surface area contributed by atoms with Gasteiger partial charge in [0.2, 0.25) is 5.91 Å². The maximum absolute atomic E-state index is 13.8. The third kappa shape index (κ3) is 3.33. The van der Waals surface area contributed by atoms with E-state index in [1.54, 1.807) is 4.90 Å². The monoisotopic (exact) mass is 282 g/mol. The van der Waals surface area contributed by atoms with E-state index in [2.05, 4.69) is 19.2 Å². The van der Waals surface area contributed by atoms with Crippen molar-refractivity contribution in [3.63, 3.8) is 0 Å². The molecule has 1 N–H and O–H groups in total. The van der Waals surface area contributed by atoms with Gasteiger partial charge >= 0.3 is 0 Å². The lowest BCUT2D eigenvalue weighted by Gasteiger charge is -2.25. The third-order valence-corrected chi connectivity index (χ3v) is 3.52. The molecule has 1 aromatic rings. The van der Waals surface area contributed by atoms with Gasteiger partial charge in [0.25, 0.3) is 0 Å². The smallest absolute Gasteiger partial charge is 0.238 e. The average molecular weight is 282 g/mol. The van der Waals surface area contributed by atoms with Crippen LogP contribution in [0.15, 0.2) is 18.2 Å². The molecule has 0 aromatic heterocycles. The largest absolute Gasteiger partial charge is 0.322 e. The number of halogens is 2. The first kappa shape index (κ1) is 14.9. The van der Waals surface area contributed by atoms with Crippen LogP contribution in [0.3, 0.4) is 0 Å². The van der Waals surface area contributed by atoms with Gasteiger partial charge in [-0.1, -0.05) is 13.8 Å². The summed E-state index contributed by atoms with van der Waals surface area (Å²) in [6, 6.07) is 3.47. The van der Waals surface area contributed by atoms with Crippen LogP contribution in [-0.4, -0.2) is 23.9 Å². The summed E-state index contributed by atoms with van der Waals surface area (Å²) in [6.07, 6.45) is 1.41. The molecular formula is C15H20F2N2O. The van der Waals surface area contributed by atoms with Crippen molar-refractivity contribution in [1.82, 2.24) is 10.2 Å². The first-order valence-electron chi connectivity index (χ1n) is 6.97. The van der Waals surface area contributed by atoms with E-state index in [1.807, 2.05) is 0 Å². The lowest BCUT2D eigenvalue weighted by Crippen LogP contribution is -2.32. The number of amides is 1. The standard InChI is InChI=1S/C15H20F2N2O/c1-10(2)4-3-7-19-14(20)9-18-15(19)12-6-5-11(16)8-13(12)17/h5-6,8,10,15,18H,3-4,7,9H2,1-2H3. The Balaban J connectivity index is 2.11. The van der Waals surface area contributed by atoms with E-state index in [4.69, 9.17) is 0 Å². The van der Waals surface area contributed by atoms with Crippen molar-refractivity contribution >= 4 is 5.91 Å². The summed E-state index contributed by atoms with van der Waals surface area (Å²) in [5.41, 5.74) is 0.321. The number of carbonyl (C=O) groups excluding carboxylic acids is 1. The maximum atomic E-state index is 13.8. The van der Waals surface area contributed by atoms with E-state index in [1.165, 1.54) is 12.1 Å². The Labute approximate surface area is 118 Å². The molecule has 3 nitrogen and oxygen atoms in total. The zero-order chi connectivity index (χ0) is 14.7. The maximum Gasteiger partial charge on any atom is 0.238 e. The minimum atomic E-state index is -0.619. The molecule has 20 heavy (non-hydrogen) atoms. The zero-order valence-electron chi connectivity index (χ0n) is 11.8. The molecular weight excluding hydrogens is 262 g/mol. The fourth-order valence-electron chi connectivity index (χ4n) is 2.46. The van der Waals surface area contributed by atoms with Crippen molar-refractivity contribution < 1.29 is 13.6 Å². The SMILES string of the molecule is CC(C)CCCN1C(=O)CNC1c1ccc(F)cc1F. The quantitative estimate of drug-likeness (QED) is 0.900. The summed E-state index contributed by atoms with van der Waals surface area (Å²) in [4.78, 5) is 13.5. The number of carbonyl (C=O) groups is 1. The van der Waals surface area contributed by atoms with E-state index < -0.39 is 17.8 Å². The molecule has 0 bridgehead atoms. The molecule has 1 amide bonds. The molecule has 0 radical (unpaired) electrons. The lowest BCUT2D eigenvalue weighted by atomic mass is 10.1. The Morgan fingerprint density at radius 3 is 2.80 bits per heavy atom. The van der Waals surface area contributed by atoms with Gasteiger partial charge in [0.1, 0.15) is 17.8 Å². The average Bonchev–Trinajstić information content (AvgIpc) is 2.71. The van der Waals surface area contributed by atoms with Gasteiger partial charge in [-0.05, 0) is 30.9 Å². The Hall–Kier alpha value is -1.49. The van der Waals surface area contributed by atoms with Gasteiger partial charge in [0.15, 0.2) is 0 Å². The molecule has 1 fully saturated rings. The minimum absolute atomic E-state index is 0.0394. The number of nitrogens with one attached hydrogen (secondary N) is 1. The Morgan fingerprint density at radius 2 is 2.15 bits per heavy atom. The van der Waals surface area contributed by atoms with E-state index in [0.29, 0.717) is 18.0 Å². The number of hydrogen-bond acceptors (Lipinski definition) is 2. The molecule has 1 heterocycles. The summed E-state index contributed by atoms with van der Waals surface area (Å²) in [5.74, 6) is -0.697. The van der Waals surface area contributed by atoms with E-state index in [9.17, 15) is 13.6 Å². The minimum Gasteiger partial charge on any atom is -0.322 e. The van der Waals surface area contributed by atoms with E-state index in [0.717, 1.165) is 18.9 Å². The Bertz CT molecular complexity index is 491. The van der Waals surface area contributed by atoms with Crippen LogP contribution >= 0.6 is 0 Å². The molecule has 1 aliphatic rings. The molecule has 5 heteroatoms. The lowest BCUT2D eigenvalue weighted by molar-refractivity contribution is -0.128. The summed E-state index contributed by atoms with van der Waals surface area (Å²) in [7, 11) is 0. The van der Waals surface area contributed by atoms with Crippen LogP contribution in [0.25, 0.3) is 0 Å². The topological polar surface area (TPSA) is 32.3 Å². The van der Waals surface area contributed by atoms with Gasteiger partial charge < -0.3 is 4.90 Å². The van der Waals surface area contributed by atoms with Gasteiger partial charge in [0.05, 0.1) is 6.54 Å². The second kappa shape index (κ2) is 6.31. The fraction of sp³-hybridized carbons (Fsp3) is 0.533. The Kier molecular flexibility index (Phi) is 4.70. The number of nitrogens with zero attached hydrogens (tertiary/aromatic N) is 1. The first-order valence-corrected chi connectivity index (χ1v) is 6.97. The second-order valence-electron chi connectivity index (χ2n) is 5.57. The summed E-state index contributed by atoms with van der Waals surface area (Å²) >= 11 is 0. The van der Waals surface area contributed by atoms with Crippen molar-refractivity contribution in [2.24, 2.45) is 5.92 Å². The molecule has 1 unspecified atom stereocenters.